The minimum absolute atomic E-state index is 0.287. The van der Waals surface area contributed by atoms with Crippen molar-refractivity contribution in [3.63, 3.8) is 0 Å². The maximum atomic E-state index is 8.96. The van der Waals surface area contributed by atoms with E-state index in [1.165, 1.54) is 16.7 Å². The van der Waals surface area contributed by atoms with Crippen LogP contribution in [-0.2, 0) is 0 Å². The Kier molecular flexibility index (Phi) is 3.83. The first kappa shape index (κ1) is 12.9. The average Bonchev–Trinajstić information content (AvgIpc) is 2.56. The van der Waals surface area contributed by atoms with Crippen LogP contribution in [-0.4, -0.2) is 0 Å². The van der Waals surface area contributed by atoms with Crippen LogP contribution in [0.1, 0.15) is 37.2 Å². The van der Waals surface area contributed by atoms with E-state index >= 15 is 0 Å². The Balaban J connectivity index is 1.73. The van der Waals surface area contributed by atoms with Crippen molar-refractivity contribution >= 4 is 0 Å². The second-order valence-corrected chi connectivity index (χ2v) is 5.67. The summed E-state index contributed by atoms with van der Waals surface area (Å²) in [4.78, 5) is 0. The van der Waals surface area contributed by atoms with E-state index < -0.39 is 0 Å². The van der Waals surface area contributed by atoms with Gasteiger partial charge in [0.2, 0.25) is 0 Å². The van der Waals surface area contributed by atoms with Crippen LogP contribution < -0.4 is 0 Å². The van der Waals surface area contributed by atoms with Gasteiger partial charge in [-0.15, -0.1) is 0 Å². The second-order valence-electron chi connectivity index (χ2n) is 5.67. The summed E-state index contributed by atoms with van der Waals surface area (Å²) in [6, 6.07) is 21.9. The Bertz CT molecular complexity index is 584. The number of nitriles is 1. The van der Waals surface area contributed by atoms with Crippen molar-refractivity contribution in [2.24, 2.45) is 5.92 Å². The molecule has 20 heavy (non-hydrogen) atoms. The highest BCUT2D eigenvalue weighted by molar-refractivity contribution is 5.63. The van der Waals surface area contributed by atoms with Gasteiger partial charge in [-0.05, 0) is 48.3 Å². The summed E-state index contributed by atoms with van der Waals surface area (Å²) in [5, 5.41) is 8.96. The predicted molar refractivity (Wildman–Crippen MR) is 82.2 cm³/mol. The van der Waals surface area contributed by atoms with Crippen molar-refractivity contribution in [2.75, 3.05) is 0 Å². The summed E-state index contributed by atoms with van der Waals surface area (Å²) in [7, 11) is 0. The minimum atomic E-state index is 0.287. The third-order valence-corrected chi connectivity index (χ3v) is 4.40. The fraction of sp³-hybridized carbons (Fsp3) is 0.316. The van der Waals surface area contributed by atoms with Gasteiger partial charge in [0.1, 0.15) is 0 Å². The van der Waals surface area contributed by atoms with E-state index in [0.29, 0.717) is 5.92 Å². The lowest BCUT2D eigenvalue weighted by molar-refractivity contribution is 0.382. The molecule has 0 spiro atoms. The summed E-state index contributed by atoms with van der Waals surface area (Å²) >= 11 is 0. The molecule has 2 aromatic rings. The van der Waals surface area contributed by atoms with Crippen LogP contribution in [0.3, 0.4) is 0 Å². The standard InChI is InChI=1S/C19H19N/c20-14-15-6-8-17(9-7-15)19-12-10-18(11-13-19)16-4-2-1-3-5-16/h1-5,10-13,15,17H,6-9H2. The van der Waals surface area contributed by atoms with Gasteiger partial charge in [0.05, 0.1) is 6.07 Å². The SMILES string of the molecule is N#CC1CCC(c2ccc(-c3ccccc3)cc2)CC1. The lowest BCUT2D eigenvalue weighted by Gasteiger charge is -2.25. The maximum Gasteiger partial charge on any atom is 0.0655 e. The van der Waals surface area contributed by atoms with E-state index in [0.717, 1.165) is 25.7 Å². The lowest BCUT2D eigenvalue weighted by atomic mass is 9.79. The van der Waals surface area contributed by atoms with Crippen molar-refractivity contribution in [1.29, 1.82) is 5.26 Å². The first-order valence-corrected chi connectivity index (χ1v) is 7.42. The van der Waals surface area contributed by atoms with Gasteiger partial charge in [0.25, 0.3) is 0 Å². The molecule has 1 saturated carbocycles. The first-order valence-electron chi connectivity index (χ1n) is 7.42. The van der Waals surface area contributed by atoms with E-state index in [-0.39, 0.29) is 5.92 Å². The molecule has 0 aliphatic heterocycles. The van der Waals surface area contributed by atoms with Crippen molar-refractivity contribution in [1.82, 2.24) is 0 Å². The van der Waals surface area contributed by atoms with E-state index in [1.807, 2.05) is 6.07 Å². The third-order valence-electron chi connectivity index (χ3n) is 4.40. The molecule has 0 amide bonds. The molecule has 1 nitrogen and oxygen atoms in total. The van der Waals surface area contributed by atoms with E-state index in [9.17, 15) is 0 Å². The Morgan fingerprint density at radius 2 is 1.35 bits per heavy atom. The van der Waals surface area contributed by atoms with Gasteiger partial charge in [0.15, 0.2) is 0 Å². The Morgan fingerprint density at radius 3 is 1.95 bits per heavy atom. The van der Waals surface area contributed by atoms with Gasteiger partial charge >= 0.3 is 0 Å². The van der Waals surface area contributed by atoms with Crippen LogP contribution in [0.2, 0.25) is 0 Å². The zero-order chi connectivity index (χ0) is 13.8. The highest BCUT2D eigenvalue weighted by Crippen LogP contribution is 2.36. The second kappa shape index (κ2) is 5.92. The summed E-state index contributed by atoms with van der Waals surface area (Å²) < 4.78 is 0. The average molecular weight is 261 g/mol. The summed E-state index contributed by atoms with van der Waals surface area (Å²) in [6.45, 7) is 0. The van der Waals surface area contributed by atoms with Crippen molar-refractivity contribution < 1.29 is 0 Å². The minimum Gasteiger partial charge on any atom is -0.198 e. The van der Waals surface area contributed by atoms with Gasteiger partial charge < -0.3 is 0 Å². The molecule has 1 heteroatoms. The van der Waals surface area contributed by atoms with Gasteiger partial charge in [-0.3, -0.25) is 0 Å². The fourth-order valence-electron chi connectivity index (χ4n) is 3.13. The van der Waals surface area contributed by atoms with Crippen LogP contribution >= 0.6 is 0 Å². The molecule has 1 fully saturated rings. The quantitative estimate of drug-likeness (QED) is 0.733. The zero-order valence-corrected chi connectivity index (χ0v) is 11.6. The maximum absolute atomic E-state index is 8.96. The molecule has 0 atom stereocenters. The van der Waals surface area contributed by atoms with Gasteiger partial charge in [-0.2, -0.15) is 5.26 Å². The number of benzene rings is 2. The first-order chi connectivity index (χ1) is 9.86. The molecule has 0 aromatic heterocycles. The highest BCUT2D eigenvalue weighted by atomic mass is 14.3. The van der Waals surface area contributed by atoms with Gasteiger partial charge in [-0.25, -0.2) is 0 Å². The van der Waals surface area contributed by atoms with Crippen molar-refractivity contribution in [3.05, 3.63) is 60.2 Å². The number of hydrogen-bond donors (Lipinski definition) is 0. The normalized spacial score (nSPS) is 22.1. The Hall–Kier alpha value is -2.07. The number of nitrogens with zero attached hydrogens (tertiary/aromatic N) is 1. The largest absolute Gasteiger partial charge is 0.198 e. The molecule has 0 unspecified atom stereocenters. The third kappa shape index (κ3) is 2.75. The van der Waals surface area contributed by atoms with Gasteiger partial charge in [-0.1, -0.05) is 54.6 Å². The molecule has 0 bridgehead atoms. The topological polar surface area (TPSA) is 23.8 Å². The number of rotatable bonds is 2. The molecule has 0 heterocycles. The van der Waals surface area contributed by atoms with Crippen LogP contribution in [0.15, 0.2) is 54.6 Å². The fourth-order valence-corrected chi connectivity index (χ4v) is 3.13. The van der Waals surface area contributed by atoms with Crippen LogP contribution in [0.25, 0.3) is 11.1 Å². The van der Waals surface area contributed by atoms with Crippen molar-refractivity contribution in [3.8, 4) is 17.2 Å². The molecule has 0 radical (unpaired) electrons. The molecule has 1 aliphatic carbocycles. The zero-order valence-electron chi connectivity index (χ0n) is 11.6. The summed E-state index contributed by atoms with van der Waals surface area (Å²) in [6.07, 6.45) is 4.43. The van der Waals surface area contributed by atoms with Crippen LogP contribution in [0.4, 0.5) is 0 Å². The van der Waals surface area contributed by atoms with E-state index in [4.69, 9.17) is 5.26 Å². The molecule has 3 rings (SSSR count). The Morgan fingerprint density at radius 1 is 0.750 bits per heavy atom. The smallest absolute Gasteiger partial charge is 0.0655 e. The molecular weight excluding hydrogens is 242 g/mol. The molecule has 1 aliphatic rings. The Labute approximate surface area is 120 Å². The monoisotopic (exact) mass is 261 g/mol. The molecule has 0 saturated heterocycles. The molecule has 2 aromatic carbocycles. The molecular formula is C19H19N. The molecule has 100 valence electrons. The predicted octanol–water partition coefficient (Wildman–Crippen LogP) is 5.15. The van der Waals surface area contributed by atoms with Gasteiger partial charge in [0, 0.05) is 5.92 Å². The number of hydrogen-bond acceptors (Lipinski definition) is 1. The van der Waals surface area contributed by atoms with Crippen molar-refractivity contribution in [2.45, 2.75) is 31.6 Å². The van der Waals surface area contributed by atoms with Crippen LogP contribution in [0, 0.1) is 17.2 Å². The van der Waals surface area contributed by atoms with E-state index in [2.05, 4.69) is 54.6 Å². The summed E-state index contributed by atoms with van der Waals surface area (Å²) in [5.74, 6) is 0.930. The van der Waals surface area contributed by atoms with Crippen LogP contribution in [0.5, 0.6) is 0 Å². The lowest BCUT2D eigenvalue weighted by Crippen LogP contribution is -2.11. The molecule has 0 N–H and O–H groups in total. The van der Waals surface area contributed by atoms with E-state index in [1.54, 1.807) is 0 Å². The summed E-state index contributed by atoms with van der Waals surface area (Å²) in [5.41, 5.74) is 3.98. The highest BCUT2D eigenvalue weighted by Gasteiger charge is 2.21.